The van der Waals surface area contributed by atoms with Gasteiger partial charge < -0.3 is 5.73 Å². The summed E-state index contributed by atoms with van der Waals surface area (Å²) >= 11 is 0. The van der Waals surface area contributed by atoms with Crippen LogP contribution in [-0.2, 0) is 4.84 Å². The van der Waals surface area contributed by atoms with Crippen LogP contribution in [-0.4, -0.2) is 28.8 Å². The lowest BCUT2D eigenvalue weighted by atomic mass is 9.82. The van der Waals surface area contributed by atoms with Crippen molar-refractivity contribution in [2.45, 2.75) is 103 Å². The van der Waals surface area contributed by atoms with Gasteiger partial charge in [0.25, 0.3) is 0 Å². The second-order valence-corrected chi connectivity index (χ2v) is 7.59. The predicted octanol–water partition coefficient (Wildman–Crippen LogP) is 4.26. The van der Waals surface area contributed by atoms with Crippen LogP contribution in [0.5, 0.6) is 0 Å². The number of piperidine rings is 1. The number of rotatable bonds is 8. The molecular weight excluding hydrogens is 248 g/mol. The summed E-state index contributed by atoms with van der Waals surface area (Å²) in [7, 11) is 0. The Labute approximate surface area is 126 Å². The maximum absolute atomic E-state index is 6.36. The molecule has 0 aromatic rings. The van der Waals surface area contributed by atoms with Gasteiger partial charge >= 0.3 is 0 Å². The Morgan fingerprint density at radius 3 is 2.15 bits per heavy atom. The molecule has 3 nitrogen and oxygen atoms in total. The summed E-state index contributed by atoms with van der Waals surface area (Å²) < 4.78 is 0. The Balaban J connectivity index is 2.56. The second-order valence-electron chi connectivity index (χ2n) is 7.59. The minimum Gasteiger partial charge on any atom is -0.328 e. The topological polar surface area (TPSA) is 38.5 Å². The third kappa shape index (κ3) is 5.01. The van der Waals surface area contributed by atoms with Gasteiger partial charge in [-0.15, -0.1) is 0 Å². The smallest absolute Gasteiger partial charge is 0.0915 e. The zero-order chi connectivity index (χ0) is 15.2. The maximum atomic E-state index is 6.36. The van der Waals surface area contributed by atoms with Crippen molar-refractivity contribution in [3.63, 3.8) is 0 Å². The average Bonchev–Trinajstić information content (AvgIpc) is 2.35. The van der Waals surface area contributed by atoms with E-state index in [-0.39, 0.29) is 17.2 Å². The summed E-state index contributed by atoms with van der Waals surface area (Å²) in [5, 5.41) is 2.25. The normalized spacial score (nSPS) is 23.7. The average molecular weight is 284 g/mol. The van der Waals surface area contributed by atoms with Crippen LogP contribution in [0, 0.1) is 0 Å². The summed E-state index contributed by atoms with van der Waals surface area (Å²) in [6, 6.07) is 0. The molecule has 1 rings (SSSR count). The van der Waals surface area contributed by atoms with Gasteiger partial charge in [0.2, 0.25) is 0 Å². The van der Waals surface area contributed by atoms with Crippen LogP contribution in [0.25, 0.3) is 0 Å². The van der Waals surface area contributed by atoms with E-state index in [9.17, 15) is 0 Å². The third-order valence-electron chi connectivity index (χ3n) is 4.57. The van der Waals surface area contributed by atoms with Crippen LogP contribution >= 0.6 is 0 Å². The van der Waals surface area contributed by atoms with Crippen LogP contribution in [0.2, 0.25) is 0 Å². The maximum Gasteiger partial charge on any atom is 0.0915 e. The molecule has 0 saturated carbocycles. The van der Waals surface area contributed by atoms with E-state index in [2.05, 4.69) is 39.7 Å². The van der Waals surface area contributed by atoms with Crippen LogP contribution in [0.1, 0.15) is 86.0 Å². The van der Waals surface area contributed by atoms with Crippen molar-refractivity contribution in [3.8, 4) is 0 Å². The largest absolute Gasteiger partial charge is 0.328 e. The zero-order valence-electron chi connectivity index (χ0n) is 14.4. The zero-order valence-corrected chi connectivity index (χ0v) is 14.4. The Bertz CT molecular complexity index is 260. The van der Waals surface area contributed by atoms with E-state index < -0.39 is 0 Å². The Morgan fingerprint density at radius 2 is 1.65 bits per heavy atom. The molecule has 0 radical (unpaired) electrons. The van der Waals surface area contributed by atoms with Gasteiger partial charge in [-0.1, -0.05) is 32.6 Å². The summed E-state index contributed by atoms with van der Waals surface area (Å²) in [6.07, 6.45) is 10.0. The molecule has 120 valence electrons. The van der Waals surface area contributed by atoms with Crippen LogP contribution < -0.4 is 5.73 Å². The molecule has 0 aromatic heterocycles. The number of unbranched alkanes of at least 4 members (excludes halogenated alkanes) is 3. The lowest BCUT2D eigenvalue weighted by molar-refractivity contribution is -0.303. The molecule has 1 saturated heterocycles. The fourth-order valence-corrected chi connectivity index (χ4v) is 3.42. The van der Waals surface area contributed by atoms with Crippen molar-refractivity contribution >= 4 is 0 Å². The SMILES string of the molecule is CCCCCCC(CN)ON1C(C)(C)CCCC1(C)C. The number of hydrogen-bond acceptors (Lipinski definition) is 3. The van der Waals surface area contributed by atoms with Gasteiger partial charge in [-0.3, -0.25) is 4.84 Å². The van der Waals surface area contributed by atoms with Crippen molar-refractivity contribution in [1.82, 2.24) is 5.06 Å². The molecule has 0 spiro atoms. The second kappa shape index (κ2) is 7.77. The summed E-state index contributed by atoms with van der Waals surface area (Å²) in [4.78, 5) is 6.36. The molecule has 1 aliphatic heterocycles. The number of hydrogen-bond donors (Lipinski definition) is 1. The van der Waals surface area contributed by atoms with Gasteiger partial charge in [0.1, 0.15) is 0 Å². The van der Waals surface area contributed by atoms with Crippen LogP contribution in [0.4, 0.5) is 0 Å². The molecule has 1 unspecified atom stereocenters. The number of nitrogens with two attached hydrogens (primary N) is 1. The fraction of sp³-hybridized carbons (Fsp3) is 1.00. The summed E-state index contributed by atoms with van der Waals surface area (Å²) in [6.45, 7) is 12.0. The lowest BCUT2D eigenvalue weighted by Gasteiger charge is -2.52. The molecule has 1 atom stereocenters. The van der Waals surface area contributed by atoms with Crippen molar-refractivity contribution in [2.75, 3.05) is 6.54 Å². The summed E-state index contributed by atoms with van der Waals surface area (Å²) in [5.74, 6) is 0. The quantitative estimate of drug-likeness (QED) is 0.677. The van der Waals surface area contributed by atoms with E-state index in [0.717, 1.165) is 6.42 Å². The molecule has 1 heterocycles. The highest BCUT2D eigenvalue weighted by Gasteiger charge is 2.43. The van der Waals surface area contributed by atoms with Gasteiger partial charge in [-0.25, -0.2) is 0 Å². The standard InChI is InChI=1S/C17H36N2O/c1-6-7-8-9-11-15(14-18)20-19-16(2,3)12-10-13-17(19,4)5/h15H,6-14,18H2,1-5H3. The molecule has 0 amide bonds. The number of nitrogens with zero attached hydrogens (tertiary/aromatic N) is 1. The van der Waals surface area contributed by atoms with E-state index in [1.165, 1.54) is 44.9 Å². The van der Waals surface area contributed by atoms with Crippen LogP contribution in [0.3, 0.4) is 0 Å². The van der Waals surface area contributed by atoms with Gasteiger partial charge in [0.05, 0.1) is 6.10 Å². The lowest BCUT2D eigenvalue weighted by Crippen LogP contribution is -2.59. The van der Waals surface area contributed by atoms with E-state index >= 15 is 0 Å². The van der Waals surface area contributed by atoms with E-state index in [4.69, 9.17) is 10.6 Å². The van der Waals surface area contributed by atoms with Crippen molar-refractivity contribution in [3.05, 3.63) is 0 Å². The molecule has 1 fully saturated rings. The van der Waals surface area contributed by atoms with Crippen LogP contribution in [0.15, 0.2) is 0 Å². The Morgan fingerprint density at radius 1 is 1.05 bits per heavy atom. The highest BCUT2D eigenvalue weighted by atomic mass is 16.7. The first-order valence-corrected chi connectivity index (χ1v) is 8.50. The molecule has 0 aliphatic carbocycles. The first-order chi connectivity index (χ1) is 9.33. The van der Waals surface area contributed by atoms with Gasteiger partial charge in [-0.2, -0.15) is 5.06 Å². The van der Waals surface area contributed by atoms with Crippen molar-refractivity contribution in [1.29, 1.82) is 0 Å². The van der Waals surface area contributed by atoms with Crippen molar-refractivity contribution < 1.29 is 4.84 Å². The Hall–Kier alpha value is -0.120. The molecule has 2 N–H and O–H groups in total. The van der Waals surface area contributed by atoms with Gasteiger partial charge in [0.15, 0.2) is 0 Å². The van der Waals surface area contributed by atoms with E-state index in [0.29, 0.717) is 6.54 Å². The van der Waals surface area contributed by atoms with E-state index in [1.54, 1.807) is 0 Å². The predicted molar refractivity (Wildman–Crippen MR) is 86.5 cm³/mol. The monoisotopic (exact) mass is 284 g/mol. The molecule has 0 bridgehead atoms. The molecule has 20 heavy (non-hydrogen) atoms. The van der Waals surface area contributed by atoms with E-state index in [1.807, 2.05) is 0 Å². The minimum atomic E-state index is 0.110. The first kappa shape index (κ1) is 17.9. The molecule has 0 aromatic carbocycles. The third-order valence-corrected chi connectivity index (χ3v) is 4.57. The highest BCUT2D eigenvalue weighted by molar-refractivity contribution is 4.93. The number of hydroxylamine groups is 2. The first-order valence-electron chi connectivity index (χ1n) is 8.50. The Kier molecular flexibility index (Phi) is 6.96. The molecular formula is C17H36N2O. The summed E-state index contributed by atoms with van der Waals surface area (Å²) in [5.41, 5.74) is 6.15. The molecule has 3 heteroatoms. The van der Waals surface area contributed by atoms with Crippen molar-refractivity contribution in [2.24, 2.45) is 5.73 Å². The highest BCUT2D eigenvalue weighted by Crippen LogP contribution is 2.39. The fourth-order valence-electron chi connectivity index (χ4n) is 3.42. The van der Waals surface area contributed by atoms with Gasteiger partial charge in [0, 0.05) is 17.6 Å². The van der Waals surface area contributed by atoms with Gasteiger partial charge in [-0.05, 0) is 53.4 Å². The molecule has 1 aliphatic rings. The minimum absolute atomic E-state index is 0.110.